The first kappa shape index (κ1) is 15.8. The molecule has 0 aromatic heterocycles. The fraction of sp³-hybridized carbons (Fsp3) is 0.143. The minimum absolute atomic E-state index is 0.0405. The van der Waals surface area contributed by atoms with Gasteiger partial charge in [-0.05, 0) is 50.1 Å². The number of anilines is 1. The third kappa shape index (κ3) is 3.74. The minimum atomic E-state index is -0.419. The predicted molar refractivity (Wildman–Crippen MR) is 88.8 cm³/mol. The lowest BCUT2D eigenvalue weighted by Crippen LogP contribution is -2.03. The molecule has 0 bridgehead atoms. The van der Waals surface area contributed by atoms with E-state index < -0.39 is 4.92 Å². The minimum Gasteiger partial charge on any atom is -0.496 e. The fourth-order valence-electron chi connectivity index (χ4n) is 1.87. The molecular formula is C14H12Br2N2O3. The first-order chi connectivity index (χ1) is 10.0. The van der Waals surface area contributed by atoms with Crippen LogP contribution in [0.1, 0.15) is 5.56 Å². The Morgan fingerprint density at radius 2 is 1.90 bits per heavy atom. The zero-order chi connectivity index (χ0) is 15.4. The van der Waals surface area contributed by atoms with Crippen molar-refractivity contribution in [2.45, 2.75) is 6.54 Å². The normalized spacial score (nSPS) is 10.2. The van der Waals surface area contributed by atoms with Gasteiger partial charge in [-0.3, -0.25) is 10.1 Å². The van der Waals surface area contributed by atoms with Crippen molar-refractivity contribution in [2.24, 2.45) is 0 Å². The highest BCUT2D eigenvalue weighted by Crippen LogP contribution is 2.32. The van der Waals surface area contributed by atoms with E-state index in [1.165, 1.54) is 12.1 Å². The number of nitro groups is 1. The molecule has 0 amide bonds. The summed E-state index contributed by atoms with van der Waals surface area (Å²) in [6.07, 6.45) is 0. The van der Waals surface area contributed by atoms with Gasteiger partial charge in [-0.15, -0.1) is 0 Å². The fourth-order valence-corrected chi connectivity index (χ4v) is 3.15. The highest BCUT2D eigenvalue weighted by Gasteiger charge is 2.12. The van der Waals surface area contributed by atoms with Crippen LogP contribution in [0.5, 0.6) is 5.75 Å². The van der Waals surface area contributed by atoms with Crippen LogP contribution in [0.2, 0.25) is 0 Å². The monoisotopic (exact) mass is 414 g/mol. The van der Waals surface area contributed by atoms with Gasteiger partial charge >= 0.3 is 0 Å². The number of nitrogens with zero attached hydrogens (tertiary/aromatic N) is 1. The first-order valence-corrected chi connectivity index (χ1v) is 7.60. The summed E-state index contributed by atoms with van der Waals surface area (Å²) < 4.78 is 7.05. The average Bonchev–Trinajstić information content (AvgIpc) is 2.46. The summed E-state index contributed by atoms with van der Waals surface area (Å²) in [4.78, 5) is 10.4. The van der Waals surface area contributed by atoms with Crippen molar-refractivity contribution in [1.82, 2.24) is 0 Å². The van der Waals surface area contributed by atoms with Gasteiger partial charge in [0.05, 0.1) is 17.7 Å². The Morgan fingerprint density at radius 3 is 2.48 bits per heavy atom. The number of hydrogen-bond acceptors (Lipinski definition) is 4. The molecule has 0 saturated heterocycles. The number of benzene rings is 2. The second-order valence-electron chi connectivity index (χ2n) is 4.20. The highest BCUT2D eigenvalue weighted by molar-refractivity contribution is 9.11. The average molecular weight is 416 g/mol. The Morgan fingerprint density at radius 1 is 1.24 bits per heavy atom. The molecule has 2 aromatic rings. The Kier molecular flexibility index (Phi) is 5.19. The Bertz CT molecular complexity index is 657. The third-order valence-electron chi connectivity index (χ3n) is 2.89. The van der Waals surface area contributed by atoms with E-state index in [2.05, 4.69) is 37.2 Å². The summed E-state index contributed by atoms with van der Waals surface area (Å²) in [6.45, 7) is 0.409. The van der Waals surface area contributed by atoms with Crippen LogP contribution < -0.4 is 10.1 Å². The van der Waals surface area contributed by atoms with E-state index in [1.807, 2.05) is 18.2 Å². The van der Waals surface area contributed by atoms with E-state index in [9.17, 15) is 10.1 Å². The molecule has 0 aliphatic rings. The number of halogens is 2. The lowest BCUT2D eigenvalue weighted by molar-refractivity contribution is -0.384. The third-order valence-corrected chi connectivity index (χ3v) is 4.21. The van der Waals surface area contributed by atoms with Gasteiger partial charge < -0.3 is 10.1 Å². The second-order valence-corrected chi connectivity index (χ2v) is 5.91. The molecule has 0 radical (unpaired) electrons. The van der Waals surface area contributed by atoms with Crippen LogP contribution in [0, 0.1) is 10.1 Å². The lowest BCUT2D eigenvalue weighted by Gasteiger charge is -2.13. The smallest absolute Gasteiger partial charge is 0.270 e. The largest absolute Gasteiger partial charge is 0.496 e. The van der Waals surface area contributed by atoms with Gasteiger partial charge in [0, 0.05) is 33.2 Å². The topological polar surface area (TPSA) is 64.4 Å². The summed E-state index contributed by atoms with van der Waals surface area (Å²) in [6, 6.07) is 10.3. The summed E-state index contributed by atoms with van der Waals surface area (Å²) in [5.74, 6) is 0.608. The number of nitro benzene ring substituents is 1. The Balaban J connectivity index is 2.26. The summed E-state index contributed by atoms with van der Waals surface area (Å²) in [5, 5.41) is 14.1. The van der Waals surface area contributed by atoms with Crippen LogP contribution in [0.15, 0.2) is 45.3 Å². The molecule has 0 aliphatic heterocycles. The molecule has 0 aliphatic carbocycles. The Hall–Kier alpha value is -1.60. The van der Waals surface area contributed by atoms with E-state index in [0.29, 0.717) is 17.9 Å². The molecule has 7 heteroatoms. The van der Waals surface area contributed by atoms with Crippen LogP contribution in [-0.4, -0.2) is 12.0 Å². The van der Waals surface area contributed by atoms with E-state index in [1.54, 1.807) is 13.2 Å². The molecule has 110 valence electrons. The van der Waals surface area contributed by atoms with E-state index >= 15 is 0 Å². The van der Waals surface area contributed by atoms with Gasteiger partial charge in [0.15, 0.2) is 0 Å². The van der Waals surface area contributed by atoms with E-state index in [0.717, 1.165) is 14.6 Å². The van der Waals surface area contributed by atoms with Gasteiger partial charge in [0.1, 0.15) is 5.75 Å². The molecule has 0 unspecified atom stereocenters. The van der Waals surface area contributed by atoms with Gasteiger partial charge in [-0.1, -0.05) is 6.07 Å². The van der Waals surface area contributed by atoms with Crippen LogP contribution in [0.25, 0.3) is 0 Å². The van der Waals surface area contributed by atoms with Gasteiger partial charge in [0.25, 0.3) is 5.69 Å². The number of hydrogen-bond donors (Lipinski definition) is 1. The van der Waals surface area contributed by atoms with Crippen LogP contribution in [0.4, 0.5) is 11.4 Å². The molecule has 0 fully saturated rings. The van der Waals surface area contributed by atoms with Crippen molar-refractivity contribution in [1.29, 1.82) is 0 Å². The number of rotatable bonds is 5. The number of para-hydroxylation sites is 1. The summed E-state index contributed by atoms with van der Waals surface area (Å²) >= 11 is 6.92. The highest BCUT2D eigenvalue weighted by atomic mass is 79.9. The molecular weight excluding hydrogens is 404 g/mol. The SMILES string of the molecule is COc1ccc([N+](=O)[O-])cc1CNc1c(Br)cccc1Br. The van der Waals surface area contributed by atoms with Gasteiger partial charge in [-0.2, -0.15) is 0 Å². The van der Waals surface area contributed by atoms with E-state index in [-0.39, 0.29) is 5.69 Å². The standard InChI is InChI=1S/C14H12Br2N2O3/c1-21-13-6-5-10(18(19)20)7-9(13)8-17-14-11(15)3-2-4-12(14)16/h2-7,17H,8H2,1H3. The molecule has 0 saturated carbocycles. The van der Waals surface area contributed by atoms with E-state index in [4.69, 9.17) is 4.74 Å². The lowest BCUT2D eigenvalue weighted by atomic mass is 10.1. The molecule has 1 N–H and O–H groups in total. The van der Waals surface area contributed by atoms with Gasteiger partial charge in [-0.25, -0.2) is 0 Å². The first-order valence-electron chi connectivity index (χ1n) is 6.02. The number of ether oxygens (including phenoxy) is 1. The Labute approximate surface area is 138 Å². The molecule has 5 nitrogen and oxygen atoms in total. The van der Waals surface area contributed by atoms with Crippen molar-refractivity contribution in [3.8, 4) is 5.75 Å². The second kappa shape index (κ2) is 6.91. The maximum atomic E-state index is 10.9. The predicted octanol–water partition coefficient (Wildman–Crippen LogP) is 4.74. The number of nitrogens with one attached hydrogen (secondary N) is 1. The molecule has 21 heavy (non-hydrogen) atoms. The van der Waals surface area contributed by atoms with Crippen molar-refractivity contribution in [3.05, 3.63) is 61.0 Å². The van der Waals surface area contributed by atoms with Crippen molar-refractivity contribution >= 4 is 43.2 Å². The molecule has 2 rings (SSSR count). The van der Waals surface area contributed by atoms with Crippen LogP contribution >= 0.6 is 31.9 Å². The van der Waals surface area contributed by atoms with Crippen LogP contribution in [-0.2, 0) is 6.54 Å². The van der Waals surface area contributed by atoms with Crippen molar-refractivity contribution < 1.29 is 9.66 Å². The zero-order valence-corrected chi connectivity index (χ0v) is 14.3. The van der Waals surface area contributed by atoms with Crippen molar-refractivity contribution in [2.75, 3.05) is 12.4 Å². The summed E-state index contributed by atoms with van der Waals surface area (Å²) in [5.41, 5.74) is 1.64. The molecule has 0 heterocycles. The molecule has 0 atom stereocenters. The van der Waals surface area contributed by atoms with Crippen molar-refractivity contribution in [3.63, 3.8) is 0 Å². The maximum Gasteiger partial charge on any atom is 0.270 e. The van der Waals surface area contributed by atoms with Gasteiger partial charge in [0.2, 0.25) is 0 Å². The number of methoxy groups -OCH3 is 1. The molecule has 2 aromatic carbocycles. The summed E-state index contributed by atoms with van der Waals surface area (Å²) in [7, 11) is 1.54. The number of non-ortho nitro benzene ring substituents is 1. The molecule has 0 spiro atoms. The zero-order valence-electron chi connectivity index (χ0n) is 11.1. The quantitative estimate of drug-likeness (QED) is 0.565. The maximum absolute atomic E-state index is 10.9. The van der Waals surface area contributed by atoms with Crippen LogP contribution in [0.3, 0.4) is 0 Å².